The number of anilines is 2. The molecule has 0 aliphatic carbocycles. The molecule has 1 aromatic heterocycles. The number of nitrogens with zero attached hydrogens (tertiary/aromatic N) is 1. The minimum atomic E-state index is -0.372. The molecule has 0 fully saturated rings. The molecule has 7 heteroatoms. The van der Waals surface area contributed by atoms with Crippen LogP contribution in [0.1, 0.15) is 6.92 Å². The number of hydrogen-bond acceptors (Lipinski definition) is 3. The van der Waals surface area contributed by atoms with Crippen molar-refractivity contribution < 1.29 is 9.53 Å². The van der Waals surface area contributed by atoms with E-state index in [9.17, 15) is 4.79 Å². The first-order chi connectivity index (χ1) is 15.0. The number of halogens is 2. The molecule has 156 valence electrons. The average molecular weight is 452 g/mol. The van der Waals surface area contributed by atoms with Crippen molar-refractivity contribution in [3.05, 3.63) is 82.8 Å². The summed E-state index contributed by atoms with van der Waals surface area (Å²) in [6, 6.07) is 21.5. The Hall–Kier alpha value is -3.28. The number of aromatic nitrogens is 1. The Morgan fingerprint density at radius 3 is 2.32 bits per heavy atom. The van der Waals surface area contributed by atoms with Crippen molar-refractivity contribution in [2.24, 2.45) is 0 Å². The first kappa shape index (κ1) is 21.0. The van der Waals surface area contributed by atoms with Gasteiger partial charge in [0.05, 0.1) is 17.8 Å². The van der Waals surface area contributed by atoms with Gasteiger partial charge in [0.15, 0.2) is 0 Å². The molecule has 0 saturated heterocycles. The van der Waals surface area contributed by atoms with E-state index in [4.69, 9.17) is 32.9 Å². The van der Waals surface area contributed by atoms with Crippen LogP contribution in [-0.4, -0.2) is 17.6 Å². The number of benzene rings is 3. The molecule has 31 heavy (non-hydrogen) atoms. The SMILES string of the molecule is CCOc1cc(-c2cccc(Cl)c2)nc2ccc(NC(=O)Nc3cccc(Cl)c3)cc12. The first-order valence-corrected chi connectivity index (χ1v) is 10.4. The lowest BCUT2D eigenvalue weighted by atomic mass is 10.1. The zero-order valence-electron chi connectivity index (χ0n) is 16.7. The first-order valence-electron chi connectivity index (χ1n) is 9.69. The number of hydrogen-bond donors (Lipinski definition) is 2. The van der Waals surface area contributed by atoms with Crippen LogP contribution in [0.3, 0.4) is 0 Å². The van der Waals surface area contributed by atoms with Crippen molar-refractivity contribution in [2.45, 2.75) is 6.92 Å². The van der Waals surface area contributed by atoms with Gasteiger partial charge in [-0.1, -0.05) is 41.4 Å². The van der Waals surface area contributed by atoms with Gasteiger partial charge in [0.1, 0.15) is 5.75 Å². The molecule has 0 radical (unpaired) electrons. The summed E-state index contributed by atoms with van der Waals surface area (Å²) in [5.74, 6) is 0.682. The van der Waals surface area contributed by atoms with Crippen LogP contribution in [0.4, 0.5) is 16.2 Å². The molecule has 0 aliphatic heterocycles. The lowest BCUT2D eigenvalue weighted by Crippen LogP contribution is -2.19. The van der Waals surface area contributed by atoms with Crippen LogP contribution in [0.5, 0.6) is 5.75 Å². The Kier molecular flexibility index (Phi) is 6.26. The number of carbonyl (C=O) groups excluding carboxylic acids is 1. The van der Waals surface area contributed by atoms with E-state index in [1.54, 1.807) is 30.3 Å². The number of urea groups is 1. The Labute approximate surface area is 190 Å². The van der Waals surface area contributed by atoms with E-state index in [2.05, 4.69) is 10.6 Å². The minimum absolute atomic E-state index is 0.372. The zero-order valence-corrected chi connectivity index (χ0v) is 18.2. The number of fused-ring (bicyclic) bond motifs is 1. The van der Waals surface area contributed by atoms with E-state index in [0.29, 0.717) is 33.8 Å². The van der Waals surface area contributed by atoms with E-state index in [-0.39, 0.29) is 6.03 Å². The largest absolute Gasteiger partial charge is 0.493 e. The summed E-state index contributed by atoms with van der Waals surface area (Å²) in [6.45, 7) is 2.42. The number of nitrogens with one attached hydrogen (secondary N) is 2. The van der Waals surface area contributed by atoms with E-state index < -0.39 is 0 Å². The van der Waals surface area contributed by atoms with Crippen molar-refractivity contribution in [1.82, 2.24) is 4.98 Å². The van der Waals surface area contributed by atoms with Gasteiger partial charge >= 0.3 is 6.03 Å². The fourth-order valence-corrected chi connectivity index (χ4v) is 3.58. The zero-order chi connectivity index (χ0) is 21.8. The average Bonchev–Trinajstić information content (AvgIpc) is 2.74. The van der Waals surface area contributed by atoms with E-state index in [1.807, 2.05) is 49.4 Å². The molecular weight excluding hydrogens is 433 g/mol. The van der Waals surface area contributed by atoms with Crippen molar-refractivity contribution in [3.63, 3.8) is 0 Å². The number of carbonyl (C=O) groups is 1. The summed E-state index contributed by atoms with van der Waals surface area (Å²) >= 11 is 12.1. The topological polar surface area (TPSA) is 63.2 Å². The Balaban J connectivity index is 1.64. The van der Waals surface area contributed by atoms with Gasteiger partial charge in [-0.15, -0.1) is 0 Å². The van der Waals surface area contributed by atoms with Crippen LogP contribution in [0.2, 0.25) is 10.0 Å². The Morgan fingerprint density at radius 1 is 0.903 bits per heavy atom. The summed E-state index contributed by atoms with van der Waals surface area (Å²) in [5.41, 5.74) is 3.64. The number of ether oxygens (including phenoxy) is 1. The fourth-order valence-electron chi connectivity index (χ4n) is 3.20. The molecule has 0 bridgehead atoms. The van der Waals surface area contributed by atoms with Crippen molar-refractivity contribution in [2.75, 3.05) is 17.2 Å². The quantitative estimate of drug-likeness (QED) is 0.335. The van der Waals surface area contributed by atoms with Gasteiger partial charge < -0.3 is 15.4 Å². The highest BCUT2D eigenvalue weighted by molar-refractivity contribution is 6.31. The fraction of sp³-hybridized carbons (Fsp3) is 0.0833. The third-order valence-corrected chi connectivity index (χ3v) is 5.00. The summed E-state index contributed by atoms with van der Waals surface area (Å²) in [5, 5.41) is 7.58. The van der Waals surface area contributed by atoms with Crippen molar-refractivity contribution in [1.29, 1.82) is 0 Å². The molecule has 0 aliphatic rings. The van der Waals surface area contributed by atoms with Gasteiger partial charge in [-0.05, 0) is 55.5 Å². The van der Waals surface area contributed by atoms with Gasteiger partial charge in [0, 0.05) is 38.4 Å². The van der Waals surface area contributed by atoms with Gasteiger partial charge in [-0.2, -0.15) is 0 Å². The second-order valence-corrected chi connectivity index (χ2v) is 7.64. The van der Waals surface area contributed by atoms with E-state index in [1.165, 1.54) is 0 Å². The lowest BCUT2D eigenvalue weighted by Gasteiger charge is -2.13. The third kappa shape index (κ3) is 5.08. The highest BCUT2D eigenvalue weighted by Gasteiger charge is 2.11. The molecule has 4 rings (SSSR count). The summed E-state index contributed by atoms with van der Waals surface area (Å²) in [4.78, 5) is 17.1. The Morgan fingerprint density at radius 2 is 1.61 bits per heavy atom. The normalized spacial score (nSPS) is 10.7. The monoisotopic (exact) mass is 451 g/mol. The predicted molar refractivity (Wildman–Crippen MR) is 127 cm³/mol. The van der Waals surface area contributed by atoms with Gasteiger partial charge in [-0.25, -0.2) is 9.78 Å². The lowest BCUT2D eigenvalue weighted by molar-refractivity contribution is 0.262. The maximum atomic E-state index is 12.4. The van der Waals surface area contributed by atoms with E-state index >= 15 is 0 Å². The highest BCUT2D eigenvalue weighted by Crippen LogP contribution is 2.32. The smallest absolute Gasteiger partial charge is 0.323 e. The number of rotatable bonds is 5. The second kappa shape index (κ2) is 9.25. The standard InChI is InChI=1S/C24H19Cl2N3O2/c1-2-31-23-14-22(15-5-3-6-16(25)11-15)29-21-10-9-19(13-20(21)23)28-24(30)27-18-8-4-7-17(26)12-18/h3-14H,2H2,1H3,(H2,27,28,30). The van der Waals surface area contributed by atoms with Crippen LogP contribution in [-0.2, 0) is 0 Å². The molecule has 3 aromatic carbocycles. The van der Waals surface area contributed by atoms with E-state index in [0.717, 1.165) is 22.2 Å². The molecule has 0 saturated carbocycles. The molecule has 1 heterocycles. The van der Waals surface area contributed by atoms with Crippen molar-refractivity contribution >= 4 is 51.5 Å². The van der Waals surface area contributed by atoms with Gasteiger partial charge in [-0.3, -0.25) is 0 Å². The van der Waals surface area contributed by atoms with Crippen LogP contribution in [0.25, 0.3) is 22.2 Å². The summed E-state index contributed by atoms with van der Waals surface area (Å²) in [6.07, 6.45) is 0. The van der Waals surface area contributed by atoms with Crippen LogP contribution < -0.4 is 15.4 Å². The summed E-state index contributed by atoms with van der Waals surface area (Å²) in [7, 11) is 0. The van der Waals surface area contributed by atoms with Gasteiger partial charge in [0.2, 0.25) is 0 Å². The highest BCUT2D eigenvalue weighted by atomic mass is 35.5. The maximum Gasteiger partial charge on any atom is 0.323 e. The number of amides is 2. The second-order valence-electron chi connectivity index (χ2n) is 6.77. The molecular formula is C24H19Cl2N3O2. The molecule has 0 unspecified atom stereocenters. The molecule has 0 atom stereocenters. The van der Waals surface area contributed by atoms with Crippen LogP contribution >= 0.6 is 23.2 Å². The Bertz CT molecular complexity index is 1260. The molecule has 4 aromatic rings. The van der Waals surface area contributed by atoms with Crippen LogP contribution in [0, 0.1) is 0 Å². The minimum Gasteiger partial charge on any atom is -0.493 e. The van der Waals surface area contributed by atoms with Gasteiger partial charge in [0.25, 0.3) is 0 Å². The maximum absolute atomic E-state index is 12.4. The molecule has 5 nitrogen and oxygen atoms in total. The summed E-state index contributed by atoms with van der Waals surface area (Å²) < 4.78 is 5.86. The van der Waals surface area contributed by atoms with Crippen LogP contribution in [0.15, 0.2) is 72.8 Å². The number of pyridine rings is 1. The molecule has 0 spiro atoms. The molecule has 2 N–H and O–H groups in total. The predicted octanol–water partition coefficient (Wildman–Crippen LogP) is 7.25. The third-order valence-electron chi connectivity index (χ3n) is 4.53. The molecule has 2 amide bonds. The van der Waals surface area contributed by atoms with Crippen molar-refractivity contribution in [3.8, 4) is 17.0 Å².